The summed E-state index contributed by atoms with van der Waals surface area (Å²) in [4.78, 5) is 21.8. The summed E-state index contributed by atoms with van der Waals surface area (Å²) < 4.78 is 14.2. The number of amides is 1. The van der Waals surface area contributed by atoms with Gasteiger partial charge < -0.3 is 23.5 Å². The molecule has 1 saturated heterocycles. The van der Waals surface area contributed by atoms with E-state index < -0.39 is 0 Å². The van der Waals surface area contributed by atoms with Gasteiger partial charge in [0.05, 0.1) is 12.3 Å². The second-order valence-corrected chi connectivity index (χ2v) is 8.91. The first kappa shape index (κ1) is 18.9. The third-order valence-electron chi connectivity index (χ3n) is 6.55. The normalized spacial score (nSPS) is 21.0. The standard InChI is InChI=1S/C22H30N4O3/c1-16-3-6-19(29-16)20(27)25-9-7-22(8-10-25)21-23-13-18(26(21)11-12-28-22)15-24(2)14-17-4-5-17/h3,6,13,17H,4-5,7-12,14-15H2,1-2H3. The molecule has 0 bridgehead atoms. The molecule has 2 fully saturated rings. The van der Waals surface area contributed by atoms with Gasteiger partial charge in [0.1, 0.15) is 17.2 Å². The summed E-state index contributed by atoms with van der Waals surface area (Å²) in [5, 5.41) is 0. The van der Waals surface area contributed by atoms with Crippen LogP contribution in [0.3, 0.4) is 0 Å². The van der Waals surface area contributed by atoms with Gasteiger partial charge in [-0.3, -0.25) is 4.79 Å². The molecule has 0 N–H and O–H groups in total. The van der Waals surface area contributed by atoms with Crippen molar-refractivity contribution in [1.82, 2.24) is 19.4 Å². The molecule has 2 aliphatic heterocycles. The van der Waals surface area contributed by atoms with Gasteiger partial charge in [0, 0.05) is 51.8 Å². The molecule has 1 amide bonds. The predicted molar refractivity (Wildman–Crippen MR) is 107 cm³/mol. The zero-order chi connectivity index (χ0) is 20.0. The summed E-state index contributed by atoms with van der Waals surface area (Å²) in [6, 6.07) is 3.60. The molecule has 7 heteroatoms. The summed E-state index contributed by atoms with van der Waals surface area (Å²) in [6.45, 7) is 6.83. The number of imidazole rings is 1. The van der Waals surface area contributed by atoms with Crippen LogP contribution in [-0.4, -0.2) is 58.5 Å². The molecule has 156 valence electrons. The molecule has 3 aliphatic rings. The van der Waals surface area contributed by atoms with Crippen molar-refractivity contribution in [2.24, 2.45) is 5.92 Å². The lowest BCUT2D eigenvalue weighted by atomic mass is 9.89. The molecule has 29 heavy (non-hydrogen) atoms. The number of aryl methyl sites for hydroxylation is 1. The number of ether oxygens (including phenoxy) is 1. The number of piperidine rings is 1. The van der Waals surface area contributed by atoms with Crippen LogP contribution in [0.2, 0.25) is 0 Å². The molecule has 2 aromatic rings. The highest BCUT2D eigenvalue weighted by molar-refractivity contribution is 5.91. The maximum absolute atomic E-state index is 12.7. The third kappa shape index (κ3) is 3.62. The predicted octanol–water partition coefficient (Wildman–Crippen LogP) is 2.79. The zero-order valence-electron chi connectivity index (χ0n) is 17.4. The molecular weight excluding hydrogens is 368 g/mol. The lowest BCUT2D eigenvalue weighted by Crippen LogP contribution is -2.49. The number of nitrogens with zero attached hydrogens (tertiary/aromatic N) is 4. The minimum absolute atomic E-state index is 0.0329. The van der Waals surface area contributed by atoms with Crippen molar-refractivity contribution in [2.75, 3.05) is 33.3 Å². The van der Waals surface area contributed by atoms with E-state index >= 15 is 0 Å². The van der Waals surface area contributed by atoms with Crippen LogP contribution in [0.15, 0.2) is 22.7 Å². The van der Waals surface area contributed by atoms with Crippen molar-refractivity contribution in [3.05, 3.63) is 41.4 Å². The summed E-state index contributed by atoms with van der Waals surface area (Å²) in [7, 11) is 2.20. The number of rotatable bonds is 5. The van der Waals surface area contributed by atoms with Crippen LogP contribution >= 0.6 is 0 Å². The molecule has 5 rings (SSSR count). The van der Waals surface area contributed by atoms with E-state index in [0.29, 0.717) is 25.5 Å². The fraction of sp³-hybridized carbons (Fsp3) is 0.636. The maximum atomic E-state index is 12.7. The van der Waals surface area contributed by atoms with Crippen LogP contribution in [0, 0.1) is 12.8 Å². The number of hydrogen-bond acceptors (Lipinski definition) is 5. The fourth-order valence-corrected chi connectivity index (χ4v) is 4.77. The molecule has 1 aliphatic carbocycles. The first-order valence-electron chi connectivity index (χ1n) is 10.8. The Labute approximate surface area is 171 Å². The zero-order valence-corrected chi connectivity index (χ0v) is 17.4. The minimum atomic E-state index is -0.374. The molecule has 0 atom stereocenters. The smallest absolute Gasteiger partial charge is 0.289 e. The summed E-state index contributed by atoms with van der Waals surface area (Å²) in [6.07, 6.45) is 6.31. The highest BCUT2D eigenvalue weighted by Gasteiger charge is 2.44. The third-order valence-corrected chi connectivity index (χ3v) is 6.55. The lowest BCUT2D eigenvalue weighted by molar-refractivity contribution is -0.112. The van der Waals surface area contributed by atoms with E-state index in [9.17, 15) is 4.79 Å². The van der Waals surface area contributed by atoms with Crippen molar-refractivity contribution in [3.63, 3.8) is 0 Å². The molecular formula is C22H30N4O3. The molecule has 0 unspecified atom stereocenters. The van der Waals surface area contributed by atoms with Crippen LogP contribution in [-0.2, 0) is 23.4 Å². The molecule has 7 nitrogen and oxygen atoms in total. The first-order chi connectivity index (χ1) is 14.0. The van der Waals surface area contributed by atoms with Gasteiger partial charge in [0.25, 0.3) is 5.91 Å². The lowest BCUT2D eigenvalue weighted by Gasteiger charge is -2.43. The topological polar surface area (TPSA) is 63.7 Å². The van der Waals surface area contributed by atoms with Crippen LogP contribution in [0.5, 0.6) is 0 Å². The van der Waals surface area contributed by atoms with E-state index in [1.54, 1.807) is 6.07 Å². The quantitative estimate of drug-likeness (QED) is 0.775. The Balaban J connectivity index is 1.28. The van der Waals surface area contributed by atoms with Gasteiger partial charge in [-0.15, -0.1) is 0 Å². The van der Waals surface area contributed by atoms with Crippen molar-refractivity contribution >= 4 is 5.91 Å². The Kier molecular flexibility index (Phi) is 4.75. The van der Waals surface area contributed by atoms with Crippen molar-refractivity contribution in [1.29, 1.82) is 0 Å². The Morgan fingerprint density at radius 2 is 2.07 bits per heavy atom. The Morgan fingerprint density at radius 3 is 2.76 bits per heavy atom. The minimum Gasteiger partial charge on any atom is -0.456 e. The van der Waals surface area contributed by atoms with Crippen LogP contribution < -0.4 is 0 Å². The van der Waals surface area contributed by atoms with E-state index in [-0.39, 0.29) is 11.5 Å². The van der Waals surface area contributed by atoms with E-state index in [0.717, 1.165) is 43.4 Å². The second kappa shape index (κ2) is 7.29. The number of fused-ring (bicyclic) bond motifs is 2. The van der Waals surface area contributed by atoms with Gasteiger partial charge in [0.15, 0.2) is 5.76 Å². The van der Waals surface area contributed by atoms with Gasteiger partial charge >= 0.3 is 0 Å². The number of carbonyl (C=O) groups is 1. The van der Waals surface area contributed by atoms with E-state index in [1.165, 1.54) is 25.1 Å². The monoisotopic (exact) mass is 398 g/mol. The highest BCUT2D eigenvalue weighted by Crippen LogP contribution is 2.39. The van der Waals surface area contributed by atoms with Gasteiger partial charge in [0.2, 0.25) is 0 Å². The van der Waals surface area contributed by atoms with E-state index in [4.69, 9.17) is 14.1 Å². The van der Waals surface area contributed by atoms with Crippen molar-refractivity contribution in [2.45, 2.75) is 51.3 Å². The molecule has 1 spiro atoms. The number of hydrogen-bond donors (Lipinski definition) is 0. The molecule has 0 radical (unpaired) electrons. The number of furan rings is 1. The Bertz CT molecular complexity index is 890. The number of aromatic nitrogens is 2. The van der Waals surface area contributed by atoms with E-state index in [1.807, 2.05) is 24.1 Å². The fourth-order valence-electron chi connectivity index (χ4n) is 4.77. The Morgan fingerprint density at radius 1 is 1.28 bits per heavy atom. The molecule has 4 heterocycles. The first-order valence-corrected chi connectivity index (χ1v) is 10.8. The molecule has 0 aromatic carbocycles. The molecule has 2 aromatic heterocycles. The number of carbonyl (C=O) groups excluding carboxylic acids is 1. The average molecular weight is 399 g/mol. The SMILES string of the molecule is Cc1ccc(C(=O)N2CCC3(CC2)OCCn2c(CN(C)CC4CC4)cnc23)o1. The summed E-state index contributed by atoms with van der Waals surface area (Å²) in [5.41, 5.74) is 0.900. The van der Waals surface area contributed by atoms with Gasteiger partial charge in [-0.2, -0.15) is 0 Å². The highest BCUT2D eigenvalue weighted by atomic mass is 16.5. The maximum Gasteiger partial charge on any atom is 0.289 e. The van der Waals surface area contributed by atoms with Crippen LogP contribution in [0.25, 0.3) is 0 Å². The average Bonchev–Trinajstić information content (AvgIpc) is 3.26. The summed E-state index contributed by atoms with van der Waals surface area (Å²) in [5.74, 6) is 3.08. The number of likely N-dealkylation sites (tertiary alicyclic amines) is 1. The summed E-state index contributed by atoms with van der Waals surface area (Å²) >= 11 is 0. The largest absolute Gasteiger partial charge is 0.456 e. The van der Waals surface area contributed by atoms with Gasteiger partial charge in [-0.05, 0) is 44.9 Å². The van der Waals surface area contributed by atoms with Crippen molar-refractivity contribution < 1.29 is 13.9 Å². The second-order valence-electron chi connectivity index (χ2n) is 8.91. The Hall–Kier alpha value is -2.12. The van der Waals surface area contributed by atoms with Gasteiger partial charge in [-0.25, -0.2) is 4.98 Å². The van der Waals surface area contributed by atoms with Gasteiger partial charge in [-0.1, -0.05) is 0 Å². The molecule has 1 saturated carbocycles. The van der Waals surface area contributed by atoms with Crippen molar-refractivity contribution in [3.8, 4) is 0 Å². The van der Waals surface area contributed by atoms with Crippen LogP contribution in [0.1, 0.15) is 53.5 Å². The van der Waals surface area contributed by atoms with E-state index in [2.05, 4.69) is 16.5 Å². The van der Waals surface area contributed by atoms with Crippen LogP contribution in [0.4, 0.5) is 0 Å².